The molecule has 0 heterocycles. The van der Waals surface area contributed by atoms with E-state index in [1.807, 2.05) is 18.2 Å². The van der Waals surface area contributed by atoms with E-state index in [1.165, 1.54) is 0 Å². The van der Waals surface area contributed by atoms with Crippen LogP contribution < -0.4 is 0 Å². The summed E-state index contributed by atoms with van der Waals surface area (Å²) in [4.78, 5) is 25.1. The van der Waals surface area contributed by atoms with Crippen molar-refractivity contribution in [2.45, 2.75) is 45.1 Å². The van der Waals surface area contributed by atoms with Gasteiger partial charge in [-0.05, 0) is 18.1 Å². The van der Waals surface area contributed by atoms with E-state index in [2.05, 4.69) is 6.92 Å². The molecule has 0 aromatic heterocycles. The van der Waals surface area contributed by atoms with Crippen LogP contribution >= 0.6 is 0 Å². The fourth-order valence-electron chi connectivity index (χ4n) is 3.39. The number of carbonyl (C=O) groups excluding carboxylic acids is 2. The summed E-state index contributed by atoms with van der Waals surface area (Å²) in [6, 6.07) is 12.4. The molecule has 3 rings (SSSR count). The van der Waals surface area contributed by atoms with Crippen molar-refractivity contribution >= 4 is 11.8 Å². The molecule has 0 fully saturated rings. The Morgan fingerprint density at radius 2 is 1.73 bits per heavy atom. The molecule has 2 aromatic carbocycles. The Kier molecular flexibility index (Phi) is 5.84. The number of aliphatic hydroxyl groups excluding tert-OH is 1. The molecule has 136 valence electrons. The summed E-state index contributed by atoms with van der Waals surface area (Å²) in [7, 11) is 0. The highest BCUT2D eigenvalue weighted by Crippen LogP contribution is 2.38. The van der Waals surface area contributed by atoms with Gasteiger partial charge in [-0.1, -0.05) is 69.0 Å². The third kappa shape index (κ3) is 3.70. The fourth-order valence-corrected chi connectivity index (χ4v) is 3.39. The molecule has 1 atom stereocenters. The van der Waals surface area contributed by atoms with Crippen molar-refractivity contribution in [3.05, 3.63) is 59.2 Å². The van der Waals surface area contributed by atoms with Crippen molar-refractivity contribution in [3.63, 3.8) is 0 Å². The Labute approximate surface area is 153 Å². The van der Waals surface area contributed by atoms with Crippen molar-refractivity contribution in [3.8, 4) is 11.1 Å². The number of hydrogen-bond acceptors (Lipinski definition) is 4. The summed E-state index contributed by atoms with van der Waals surface area (Å²) in [6.45, 7) is 2.11. The molecule has 26 heavy (non-hydrogen) atoms. The lowest BCUT2D eigenvalue weighted by Gasteiger charge is -2.13. The number of esters is 1. The first kappa shape index (κ1) is 18.3. The van der Waals surface area contributed by atoms with E-state index < -0.39 is 12.1 Å². The highest BCUT2D eigenvalue weighted by atomic mass is 16.5. The van der Waals surface area contributed by atoms with E-state index in [0.29, 0.717) is 28.7 Å². The molecule has 2 aromatic rings. The number of ether oxygens (including phenoxy) is 1. The van der Waals surface area contributed by atoms with Crippen molar-refractivity contribution < 1.29 is 19.4 Å². The summed E-state index contributed by atoms with van der Waals surface area (Å²) in [6.07, 6.45) is 4.27. The molecular formula is C22H24O4. The van der Waals surface area contributed by atoms with Gasteiger partial charge in [-0.25, -0.2) is 4.79 Å². The van der Waals surface area contributed by atoms with Crippen LogP contribution in [-0.2, 0) is 4.74 Å². The van der Waals surface area contributed by atoms with E-state index >= 15 is 0 Å². The molecule has 0 spiro atoms. The van der Waals surface area contributed by atoms with Gasteiger partial charge >= 0.3 is 5.97 Å². The normalized spacial score (nSPS) is 13.2. The lowest BCUT2D eigenvalue weighted by molar-refractivity contribution is 0.0233. The first-order valence-electron chi connectivity index (χ1n) is 9.25. The lowest BCUT2D eigenvalue weighted by atomic mass is 9.99. The van der Waals surface area contributed by atoms with Crippen molar-refractivity contribution in [2.75, 3.05) is 6.61 Å². The maximum atomic E-state index is 12.6. The predicted molar refractivity (Wildman–Crippen MR) is 100 cm³/mol. The van der Waals surface area contributed by atoms with Gasteiger partial charge in [0.05, 0.1) is 11.7 Å². The minimum absolute atomic E-state index is 0.0236. The number of ketones is 1. The minimum atomic E-state index is -0.651. The third-order valence-corrected chi connectivity index (χ3v) is 4.77. The zero-order valence-corrected chi connectivity index (χ0v) is 15.0. The van der Waals surface area contributed by atoms with E-state index in [1.54, 1.807) is 24.3 Å². The molecule has 0 aliphatic heterocycles. The van der Waals surface area contributed by atoms with Gasteiger partial charge in [0.25, 0.3) is 0 Å². The highest BCUT2D eigenvalue weighted by molar-refractivity contribution is 6.24. The molecule has 0 amide bonds. The number of carbonyl (C=O) groups is 2. The zero-order chi connectivity index (χ0) is 18.5. The standard InChI is InChI=1S/C22H24O4/c1-2-3-4-5-9-15(23)14-26-22(25)19-13-8-12-18-20(19)16-10-6-7-11-17(16)21(18)24/h6-8,10-13,15,23H,2-5,9,14H2,1H3. The first-order chi connectivity index (χ1) is 12.6. The SMILES string of the molecule is CCCCCCC(O)COC(=O)c1cccc2c1-c1ccccc1C2=O. The van der Waals surface area contributed by atoms with Crippen molar-refractivity contribution in [1.82, 2.24) is 0 Å². The van der Waals surface area contributed by atoms with Gasteiger partial charge < -0.3 is 9.84 Å². The Balaban J connectivity index is 1.70. The average Bonchev–Trinajstić information content (AvgIpc) is 2.96. The Bertz CT molecular complexity index is 810. The van der Waals surface area contributed by atoms with E-state index in [-0.39, 0.29) is 12.4 Å². The second-order valence-electron chi connectivity index (χ2n) is 6.70. The van der Waals surface area contributed by atoms with Gasteiger partial charge in [0, 0.05) is 16.7 Å². The Morgan fingerprint density at radius 3 is 2.50 bits per heavy atom. The molecule has 1 unspecified atom stereocenters. The molecule has 0 saturated carbocycles. The second kappa shape index (κ2) is 8.28. The number of aliphatic hydroxyl groups is 1. The number of rotatable bonds is 8. The van der Waals surface area contributed by atoms with Gasteiger partial charge in [0.15, 0.2) is 5.78 Å². The van der Waals surface area contributed by atoms with Gasteiger partial charge in [-0.15, -0.1) is 0 Å². The maximum absolute atomic E-state index is 12.6. The van der Waals surface area contributed by atoms with Crippen molar-refractivity contribution in [1.29, 1.82) is 0 Å². The number of hydrogen-bond donors (Lipinski definition) is 1. The van der Waals surface area contributed by atoms with E-state index in [4.69, 9.17) is 4.74 Å². The molecule has 0 saturated heterocycles. The summed E-state index contributed by atoms with van der Waals surface area (Å²) in [5, 5.41) is 10.0. The van der Waals surface area contributed by atoms with Gasteiger partial charge in [0.2, 0.25) is 0 Å². The zero-order valence-electron chi connectivity index (χ0n) is 15.0. The Morgan fingerprint density at radius 1 is 1.00 bits per heavy atom. The molecule has 1 aliphatic carbocycles. The highest BCUT2D eigenvalue weighted by Gasteiger charge is 2.30. The Hall–Kier alpha value is -2.46. The molecule has 1 N–H and O–H groups in total. The summed E-state index contributed by atoms with van der Waals surface area (Å²) in [5.41, 5.74) is 2.91. The first-order valence-corrected chi connectivity index (χ1v) is 9.25. The maximum Gasteiger partial charge on any atom is 0.338 e. The van der Waals surface area contributed by atoms with Gasteiger partial charge in [0.1, 0.15) is 6.61 Å². The molecular weight excluding hydrogens is 328 g/mol. The van der Waals surface area contributed by atoms with Crippen LogP contribution in [0.25, 0.3) is 11.1 Å². The van der Waals surface area contributed by atoms with Gasteiger partial charge in [-0.2, -0.15) is 0 Å². The number of unbranched alkanes of at least 4 members (excludes halogenated alkanes) is 3. The van der Waals surface area contributed by atoms with Crippen LogP contribution in [-0.4, -0.2) is 29.6 Å². The van der Waals surface area contributed by atoms with Crippen LogP contribution in [0.1, 0.15) is 65.3 Å². The molecule has 4 nitrogen and oxygen atoms in total. The fraction of sp³-hybridized carbons (Fsp3) is 0.364. The minimum Gasteiger partial charge on any atom is -0.459 e. The third-order valence-electron chi connectivity index (χ3n) is 4.77. The summed E-state index contributed by atoms with van der Waals surface area (Å²) < 4.78 is 5.32. The molecule has 1 aliphatic rings. The number of fused-ring (bicyclic) bond motifs is 3. The van der Waals surface area contributed by atoms with E-state index in [9.17, 15) is 14.7 Å². The molecule has 4 heteroatoms. The smallest absolute Gasteiger partial charge is 0.338 e. The molecule has 0 bridgehead atoms. The van der Waals surface area contributed by atoms with Crippen LogP contribution in [0.4, 0.5) is 0 Å². The van der Waals surface area contributed by atoms with Crippen LogP contribution in [0, 0.1) is 0 Å². The largest absolute Gasteiger partial charge is 0.459 e. The summed E-state index contributed by atoms with van der Waals surface area (Å²) >= 11 is 0. The van der Waals surface area contributed by atoms with Crippen LogP contribution in [0.15, 0.2) is 42.5 Å². The average molecular weight is 352 g/mol. The molecule has 0 radical (unpaired) electrons. The van der Waals surface area contributed by atoms with Crippen LogP contribution in [0.3, 0.4) is 0 Å². The summed E-state index contributed by atoms with van der Waals surface area (Å²) in [5.74, 6) is -0.569. The van der Waals surface area contributed by atoms with Crippen molar-refractivity contribution in [2.24, 2.45) is 0 Å². The second-order valence-corrected chi connectivity index (χ2v) is 6.70. The number of benzene rings is 2. The topological polar surface area (TPSA) is 63.6 Å². The predicted octanol–water partition coefficient (Wildman–Crippen LogP) is 4.39. The lowest BCUT2D eigenvalue weighted by Crippen LogP contribution is -2.19. The van der Waals surface area contributed by atoms with Gasteiger partial charge in [-0.3, -0.25) is 4.79 Å². The van der Waals surface area contributed by atoms with E-state index in [0.717, 1.165) is 31.2 Å². The monoisotopic (exact) mass is 352 g/mol. The van der Waals surface area contributed by atoms with Crippen LogP contribution in [0.5, 0.6) is 0 Å². The van der Waals surface area contributed by atoms with Crippen LogP contribution in [0.2, 0.25) is 0 Å². The quantitative estimate of drug-likeness (QED) is 0.482.